The molecule has 4 unspecified atom stereocenters. The number of alkyl halides is 1. The van der Waals surface area contributed by atoms with Crippen LogP contribution in [0.3, 0.4) is 0 Å². The lowest BCUT2D eigenvalue weighted by Gasteiger charge is -2.19. The number of hydrogen-bond acceptors (Lipinski definition) is 7. The van der Waals surface area contributed by atoms with Crippen molar-refractivity contribution in [2.24, 2.45) is 5.92 Å². The smallest absolute Gasteiger partial charge is 0.317 e. The van der Waals surface area contributed by atoms with Crippen LogP contribution in [0.4, 0.5) is 10.3 Å². The lowest BCUT2D eigenvalue weighted by molar-refractivity contribution is -0.118. The molecule has 1 aliphatic rings. The fourth-order valence-corrected chi connectivity index (χ4v) is 2.98. The van der Waals surface area contributed by atoms with Crippen molar-refractivity contribution >= 4 is 31.3 Å². The molecule has 0 saturated carbocycles. The van der Waals surface area contributed by atoms with Crippen LogP contribution in [0.15, 0.2) is 11.1 Å². The number of H-pyrrole nitrogens is 1. The van der Waals surface area contributed by atoms with E-state index in [1.54, 1.807) is 13.8 Å². The van der Waals surface area contributed by atoms with E-state index >= 15 is 0 Å². The maximum Gasteiger partial charge on any atom is 0.317 e. The highest BCUT2D eigenvalue weighted by Crippen LogP contribution is 2.35. The number of amides is 1. The second-order valence-electron chi connectivity index (χ2n) is 5.97. The Labute approximate surface area is 146 Å². The van der Waals surface area contributed by atoms with Crippen molar-refractivity contribution in [3.63, 3.8) is 0 Å². The largest absolute Gasteiger partial charge is 0.352 e. The van der Waals surface area contributed by atoms with Crippen LogP contribution in [-0.2, 0) is 18.6 Å². The number of imidazole rings is 1. The van der Waals surface area contributed by atoms with Crippen LogP contribution >= 0.6 is 8.25 Å². The van der Waals surface area contributed by atoms with Gasteiger partial charge in [-0.3, -0.25) is 33.5 Å². The average Bonchev–Trinajstić information content (AvgIpc) is 3.11. The van der Waals surface area contributed by atoms with E-state index < -0.39 is 32.3 Å². The van der Waals surface area contributed by atoms with Crippen LogP contribution in [0.25, 0.3) is 11.2 Å². The van der Waals surface area contributed by atoms with Gasteiger partial charge in [0.25, 0.3) is 5.56 Å². The Balaban J connectivity index is 2.01. The van der Waals surface area contributed by atoms with E-state index in [0.717, 1.165) is 0 Å². The van der Waals surface area contributed by atoms with Crippen LogP contribution in [0.1, 0.15) is 20.1 Å². The zero-order valence-corrected chi connectivity index (χ0v) is 14.8. The first-order valence-corrected chi connectivity index (χ1v) is 8.97. The summed E-state index contributed by atoms with van der Waals surface area (Å²) in [6, 6.07) is 0. The van der Waals surface area contributed by atoms with Crippen molar-refractivity contribution < 1.29 is 27.9 Å². The van der Waals surface area contributed by atoms with Gasteiger partial charge in [-0.2, -0.15) is 4.98 Å². The third-order valence-corrected chi connectivity index (χ3v) is 4.25. The van der Waals surface area contributed by atoms with Gasteiger partial charge < -0.3 is 9.63 Å². The van der Waals surface area contributed by atoms with Gasteiger partial charge >= 0.3 is 8.25 Å². The molecule has 1 aliphatic heterocycles. The normalized spacial score (nSPS) is 24.3. The maximum atomic E-state index is 13.9. The Kier molecular flexibility index (Phi) is 5.19. The summed E-state index contributed by atoms with van der Waals surface area (Å²) < 4.78 is 36.2. The summed E-state index contributed by atoms with van der Waals surface area (Å²) >= 11 is 0. The Bertz CT molecular complexity index is 914. The number of fused-ring (bicyclic) bond motifs is 1. The van der Waals surface area contributed by atoms with Gasteiger partial charge in [-0.25, -0.2) is 9.37 Å². The summed E-state index contributed by atoms with van der Waals surface area (Å²) in [6.07, 6.45) is -2.95. The van der Waals surface area contributed by atoms with E-state index in [9.17, 15) is 18.5 Å². The number of carbonyl (C=O) groups excluding carboxylic acids is 1. The third kappa shape index (κ3) is 3.54. The van der Waals surface area contributed by atoms with Crippen molar-refractivity contribution in [2.45, 2.75) is 32.4 Å². The van der Waals surface area contributed by atoms with Gasteiger partial charge in [-0.15, -0.1) is 0 Å². The van der Waals surface area contributed by atoms with Crippen LogP contribution < -0.4 is 10.9 Å². The van der Waals surface area contributed by atoms with Gasteiger partial charge in [0.15, 0.2) is 23.6 Å². The summed E-state index contributed by atoms with van der Waals surface area (Å²) in [6.45, 7) is 2.98. The first-order chi connectivity index (χ1) is 12.3. The van der Waals surface area contributed by atoms with Gasteiger partial charge in [0.2, 0.25) is 11.9 Å². The second kappa shape index (κ2) is 7.23. The van der Waals surface area contributed by atoms with Crippen molar-refractivity contribution in [3.05, 3.63) is 16.7 Å². The third-order valence-electron chi connectivity index (χ3n) is 3.77. The molecule has 2 aromatic heterocycles. The number of ether oxygens (including phenoxy) is 1. The Morgan fingerprint density at radius 1 is 1.62 bits per heavy atom. The van der Waals surface area contributed by atoms with Gasteiger partial charge in [-0.1, -0.05) is 13.8 Å². The van der Waals surface area contributed by atoms with Crippen LogP contribution in [0.5, 0.6) is 0 Å². The number of aromatic amines is 1. The fourth-order valence-electron chi connectivity index (χ4n) is 2.48. The van der Waals surface area contributed by atoms with Crippen molar-refractivity contribution in [1.82, 2.24) is 19.5 Å². The topological polar surface area (TPSA) is 148 Å². The lowest BCUT2D eigenvalue weighted by Crippen LogP contribution is -2.27. The van der Waals surface area contributed by atoms with Gasteiger partial charge in [0, 0.05) is 5.92 Å². The summed E-state index contributed by atoms with van der Waals surface area (Å²) in [5, 5.41) is 2.46. The zero-order chi connectivity index (χ0) is 19.0. The highest BCUT2D eigenvalue weighted by atomic mass is 31.1. The Morgan fingerprint density at radius 2 is 2.35 bits per heavy atom. The molecule has 1 saturated heterocycles. The predicted octanol–water partition coefficient (Wildman–Crippen LogP) is 0.348. The molecule has 13 heteroatoms. The Hall–Kier alpha value is -2.14. The molecular formula is C13H17FN5O6P. The molecule has 142 valence electrons. The highest BCUT2D eigenvalue weighted by molar-refractivity contribution is 7.32. The van der Waals surface area contributed by atoms with E-state index in [0.29, 0.717) is 0 Å². The molecule has 3 N–H and O–H groups in total. The van der Waals surface area contributed by atoms with Crippen LogP contribution in [0, 0.1) is 5.92 Å². The van der Waals surface area contributed by atoms with E-state index in [1.165, 1.54) is 10.9 Å². The summed E-state index contributed by atoms with van der Waals surface area (Å²) in [7, 11) is -3.42. The summed E-state index contributed by atoms with van der Waals surface area (Å²) in [5.41, 5.74) is -0.664. The molecule has 3 rings (SSSR count). The number of anilines is 1. The molecule has 0 spiro atoms. The number of rotatable bonds is 5. The number of aromatic nitrogens is 4. The summed E-state index contributed by atoms with van der Waals surface area (Å²) in [5.74, 6) is -0.808. The van der Waals surface area contributed by atoms with E-state index in [4.69, 9.17) is 14.2 Å². The quantitative estimate of drug-likeness (QED) is 0.620. The molecule has 0 bridgehead atoms. The van der Waals surface area contributed by atoms with Crippen molar-refractivity contribution in [2.75, 3.05) is 11.9 Å². The first-order valence-electron chi connectivity index (χ1n) is 7.71. The minimum absolute atomic E-state index is 0.0121. The standard InChI is InChI=1S/C13H17FN5O6P/c1-5(2)10(20)17-13-16-9-7(11(21)18-13)15-4-19(9)12-8(25-26(22)23)6(14)3-24-12/h4-6,8,12,26H,3H2,1-2H3,(H,22,23)(H2,16,17,18,20,21). The molecule has 2 aromatic rings. The highest BCUT2D eigenvalue weighted by Gasteiger charge is 2.41. The summed E-state index contributed by atoms with van der Waals surface area (Å²) in [4.78, 5) is 43.3. The minimum atomic E-state index is -3.42. The van der Waals surface area contributed by atoms with E-state index in [1.807, 2.05) is 0 Å². The van der Waals surface area contributed by atoms with Crippen LogP contribution in [0.2, 0.25) is 0 Å². The fraction of sp³-hybridized carbons (Fsp3) is 0.538. The van der Waals surface area contributed by atoms with E-state index in [-0.39, 0.29) is 35.5 Å². The minimum Gasteiger partial charge on any atom is -0.352 e. The SMILES string of the molecule is CC(C)C(=O)Nc1nc2c(ncn2C2OCC(F)C2O[PH](=O)O)c(=O)[nH]1. The molecule has 0 radical (unpaired) electrons. The number of carbonyl (C=O) groups is 1. The molecule has 1 amide bonds. The van der Waals surface area contributed by atoms with Gasteiger partial charge in [0.1, 0.15) is 6.10 Å². The molecule has 4 atom stereocenters. The molecule has 1 fully saturated rings. The zero-order valence-electron chi connectivity index (χ0n) is 13.8. The molecule has 0 aliphatic carbocycles. The monoisotopic (exact) mass is 389 g/mol. The number of nitrogens with one attached hydrogen (secondary N) is 2. The Morgan fingerprint density at radius 3 is 3.00 bits per heavy atom. The maximum absolute atomic E-state index is 13.9. The van der Waals surface area contributed by atoms with E-state index in [2.05, 4.69) is 20.3 Å². The molecule has 0 aromatic carbocycles. The predicted molar refractivity (Wildman–Crippen MR) is 87.6 cm³/mol. The number of nitrogens with zero attached hydrogens (tertiary/aromatic N) is 3. The second-order valence-corrected chi connectivity index (χ2v) is 6.74. The van der Waals surface area contributed by atoms with Crippen molar-refractivity contribution in [1.29, 1.82) is 0 Å². The first kappa shape index (κ1) is 18.6. The number of halogens is 1. The molecular weight excluding hydrogens is 372 g/mol. The average molecular weight is 389 g/mol. The lowest BCUT2D eigenvalue weighted by atomic mass is 10.2. The van der Waals surface area contributed by atoms with Gasteiger partial charge in [0.05, 0.1) is 12.9 Å². The molecule has 26 heavy (non-hydrogen) atoms. The molecule has 3 heterocycles. The molecule has 11 nitrogen and oxygen atoms in total. The van der Waals surface area contributed by atoms with Crippen molar-refractivity contribution in [3.8, 4) is 0 Å². The number of hydrogen-bond donors (Lipinski definition) is 3. The van der Waals surface area contributed by atoms with Crippen LogP contribution in [-0.4, -0.2) is 49.2 Å². The van der Waals surface area contributed by atoms with Gasteiger partial charge in [-0.05, 0) is 0 Å².